The summed E-state index contributed by atoms with van der Waals surface area (Å²) in [5, 5.41) is 9.04. The number of aliphatic carboxylic acids is 1. The predicted octanol–water partition coefficient (Wildman–Crippen LogP) is 2.28. The van der Waals surface area contributed by atoms with Gasteiger partial charge in [-0.2, -0.15) is 0 Å². The van der Waals surface area contributed by atoms with Crippen LogP contribution in [0.5, 0.6) is 5.75 Å². The van der Waals surface area contributed by atoms with Crippen molar-refractivity contribution in [3.63, 3.8) is 0 Å². The molecule has 0 radical (unpaired) electrons. The van der Waals surface area contributed by atoms with Gasteiger partial charge in [0.25, 0.3) is 0 Å². The molecule has 0 aliphatic carbocycles. The van der Waals surface area contributed by atoms with E-state index in [1.54, 1.807) is 42.0 Å². The molecule has 1 heterocycles. The molecule has 0 atom stereocenters. The molecule has 0 aliphatic rings. The highest BCUT2D eigenvalue weighted by Crippen LogP contribution is 2.21. The largest absolute Gasteiger partial charge is 0.496 e. The van der Waals surface area contributed by atoms with Gasteiger partial charge >= 0.3 is 5.97 Å². The number of carboxylic acids is 1. The van der Waals surface area contributed by atoms with Crippen molar-refractivity contribution in [2.24, 2.45) is 0 Å². The number of pyridine rings is 1. The van der Waals surface area contributed by atoms with Gasteiger partial charge in [-0.1, -0.05) is 30.3 Å². The molecule has 0 fully saturated rings. The molecule has 0 unspecified atom stereocenters. The highest BCUT2D eigenvalue weighted by molar-refractivity contribution is 6.37. The second kappa shape index (κ2) is 7.87. The van der Waals surface area contributed by atoms with Crippen molar-refractivity contribution in [2.75, 3.05) is 7.11 Å². The Hall–Kier alpha value is -3.74. The van der Waals surface area contributed by atoms with Crippen molar-refractivity contribution in [1.82, 2.24) is 4.57 Å². The molecule has 0 saturated carbocycles. The van der Waals surface area contributed by atoms with E-state index in [1.807, 2.05) is 18.2 Å². The number of aromatic nitrogens is 1. The number of benzene rings is 2. The normalized spacial score (nSPS) is 10.6. The second-order valence-electron chi connectivity index (χ2n) is 6.16. The molecule has 0 aliphatic heterocycles. The molecule has 1 aromatic heterocycles. The Morgan fingerprint density at radius 3 is 2.43 bits per heavy atom. The topological polar surface area (TPSA) is 103 Å². The van der Waals surface area contributed by atoms with Crippen molar-refractivity contribution >= 4 is 28.4 Å². The van der Waals surface area contributed by atoms with Gasteiger partial charge in [-0.15, -0.1) is 0 Å². The van der Waals surface area contributed by atoms with Crippen LogP contribution in [0.3, 0.4) is 0 Å². The lowest BCUT2D eigenvalue weighted by molar-refractivity contribution is -0.148. The zero-order valence-electron chi connectivity index (χ0n) is 15.0. The number of nitrogens with zero attached hydrogens (tertiary/aromatic N) is 1. The predicted molar refractivity (Wildman–Crippen MR) is 102 cm³/mol. The van der Waals surface area contributed by atoms with Crippen LogP contribution in [0, 0.1) is 0 Å². The average molecular weight is 379 g/mol. The third-order valence-corrected chi connectivity index (χ3v) is 4.38. The molecule has 1 N–H and O–H groups in total. The summed E-state index contributed by atoms with van der Waals surface area (Å²) in [6.07, 6.45) is 0.506. The summed E-state index contributed by atoms with van der Waals surface area (Å²) in [5.74, 6) is -3.13. The van der Waals surface area contributed by atoms with Crippen molar-refractivity contribution in [2.45, 2.75) is 13.0 Å². The monoisotopic (exact) mass is 379 g/mol. The van der Waals surface area contributed by atoms with Gasteiger partial charge < -0.3 is 14.4 Å². The van der Waals surface area contributed by atoms with Crippen LogP contribution in [0.1, 0.15) is 22.3 Å². The van der Waals surface area contributed by atoms with Crippen LogP contribution < -0.4 is 10.2 Å². The van der Waals surface area contributed by atoms with E-state index in [9.17, 15) is 19.2 Å². The Morgan fingerprint density at radius 2 is 1.71 bits per heavy atom. The number of para-hydroxylation sites is 2. The van der Waals surface area contributed by atoms with Crippen LogP contribution in [0.4, 0.5) is 0 Å². The molecule has 0 amide bonds. The number of Topliss-reactive ketones (excluding diaryl/α,β-unsaturated/α-hetero) is 2. The summed E-state index contributed by atoms with van der Waals surface area (Å²) in [7, 11) is 1.55. The standard InChI is InChI=1S/C21H17NO6/c1-28-19-9-5-2-6-13(19)11-22-12-15(17(23)10-18(24)21(26)27)20(25)14-7-3-4-8-16(14)22/h2-9,12H,10-11H2,1H3,(H,26,27). The highest BCUT2D eigenvalue weighted by atomic mass is 16.5. The molecule has 3 aromatic rings. The number of methoxy groups -OCH3 is 1. The van der Waals surface area contributed by atoms with Gasteiger partial charge in [-0.05, 0) is 18.2 Å². The Balaban J connectivity index is 2.13. The van der Waals surface area contributed by atoms with E-state index in [0.717, 1.165) is 5.56 Å². The number of carbonyl (C=O) groups excluding carboxylic acids is 2. The summed E-state index contributed by atoms with van der Waals surface area (Å²) in [6, 6.07) is 14.1. The SMILES string of the molecule is COc1ccccc1Cn1cc(C(=O)CC(=O)C(=O)O)c(=O)c2ccccc21. The Morgan fingerprint density at radius 1 is 1.04 bits per heavy atom. The Kier molecular flexibility index (Phi) is 5.35. The summed E-state index contributed by atoms with van der Waals surface area (Å²) >= 11 is 0. The molecule has 28 heavy (non-hydrogen) atoms. The number of hydrogen-bond acceptors (Lipinski definition) is 5. The van der Waals surface area contributed by atoms with Crippen molar-refractivity contribution in [3.8, 4) is 5.75 Å². The third-order valence-electron chi connectivity index (χ3n) is 4.38. The molecular weight excluding hydrogens is 362 g/mol. The molecule has 7 nitrogen and oxygen atoms in total. The van der Waals surface area contributed by atoms with Crippen molar-refractivity contribution < 1.29 is 24.2 Å². The van der Waals surface area contributed by atoms with Gasteiger partial charge in [0.1, 0.15) is 5.75 Å². The number of ketones is 2. The summed E-state index contributed by atoms with van der Waals surface area (Å²) < 4.78 is 7.07. The molecular formula is C21H17NO6. The van der Waals surface area contributed by atoms with Crippen LogP contribution in [-0.2, 0) is 16.1 Å². The first-order valence-electron chi connectivity index (χ1n) is 8.45. The smallest absolute Gasteiger partial charge is 0.372 e. The first-order chi connectivity index (χ1) is 13.4. The van der Waals surface area contributed by atoms with Crippen LogP contribution in [-0.4, -0.2) is 34.3 Å². The Labute approximate surface area is 159 Å². The van der Waals surface area contributed by atoms with Gasteiger partial charge in [-0.3, -0.25) is 14.4 Å². The minimum Gasteiger partial charge on any atom is -0.496 e. The zero-order valence-corrected chi connectivity index (χ0v) is 15.0. The maximum Gasteiger partial charge on any atom is 0.372 e. The molecule has 0 bridgehead atoms. The molecule has 7 heteroatoms. The fraction of sp³-hybridized carbons (Fsp3) is 0.143. The van der Waals surface area contributed by atoms with E-state index in [1.165, 1.54) is 6.20 Å². The van der Waals surface area contributed by atoms with E-state index in [-0.39, 0.29) is 5.56 Å². The van der Waals surface area contributed by atoms with E-state index in [2.05, 4.69) is 0 Å². The second-order valence-corrected chi connectivity index (χ2v) is 6.16. The molecule has 0 saturated heterocycles. The maximum atomic E-state index is 12.7. The van der Waals surface area contributed by atoms with E-state index < -0.39 is 29.4 Å². The number of fused-ring (bicyclic) bond motifs is 1. The molecule has 2 aromatic carbocycles. The molecule has 0 spiro atoms. The van der Waals surface area contributed by atoms with Gasteiger partial charge in [0.05, 0.1) is 31.2 Å². The van der Waals surface area contributed by atoms with Crippen molar-refractivity contribution in [3.05, 3.63) is 76.1 Å². The quantitative estimate of drug-likeness (QED) is 0.384. The fourth-order valence-corrected chi connectivity index (χ4v) is 3.01. The van der Waals surface area contributed by atoms with Crippen LogP contribution in [0.2, 0.25) is 0 Å². The lowest BCUT2D eigenvalue weighted by Crippen LogP contribution is -2.23. The number of hydrogen-bond donors (Lipinski definition) is 1. The minimum atomic E-state index is -1.71. The number of rotatable bonds is 7. The van der Waals surface area contributed by atoms with Gasteiger partial charge in [0, 0.05) is 17.1 Å². The lowest BCUT2D eigenvalue weighted by Gasteiger charge is -2.15. The van der Waals surface area contributed by atoms with Crippen LogP contribution in [0.15, 0.2) is 59.5 Å². The summed E-state index contributed by atoms with van der Waals surface area (Å²) in [6.45, 7) is 0.317. The lowest BCUT2D eigenvalue weighted by atomic mass is 10.0. The zero-order chi connectivity index (χ0) is 20.3. The number of ether oxygens (including phenoxy) is 1. The Bertz CT molecular complexity index is 1150. The minimum absolute atomic E-state index is 0.219. The van der Waals surface area contributed by atoms with Crippen LogP contribution >= 0.6 is 0 Å². The fourth-order valence-electron chi connectivity index (χ4n) is 3.01. The summed E-state index contributed by atoms with van der Waals surface area (Å²) in [5.41, 5.74) is 0.691. The van der Waals surface area contributed by atoms with Crippen molar-refractivity contribution in [1.29, 1.82) is 0 Å². The first kappa shape index (κ1) is 19.0. The number of carbonyl (C=O) groups is 3. The van der Waals surface area contributed by atoms with E-state index in [0.29, 0.717) is 23.2 Å². The van der Waals surface area contributed by atoms with Gasteiger partial charge in [-0.25, -0.2) is 4.79 Å². The highest BCUT2D eigenvalue weighted by Gasteiger charge is 2.22. The molecule has 3 rings (SSSR count). The summed E-state index contributed by atoms with van der Waals surface area (Å²) in [4.78, 5) is 47.3. The van der Waals surface area contributed by atoms with Crippen LogP contribution in [0.25, 0.3) is 10.9 Å². The molecule has 142 valence electrons. The van der Waals surface area contributed by atoms with E-state index >= 15 is 0 Å². The van der Waals surface area contributed by atoms with E-state index in [4.69, 9.17) is 9.84 Å². The maximum absolute atomic E-state index is 12.7. The first-order valence-corrected chi connectivity index (χ1v) is 8.45. The van der Waals surface area contributed by atoms with Gasteiger partial charge in [0.2, 0.25) is 5.78 Å². The van der Waals surface area contributed by atoms with Gasteiger partial charge in [0.15, 0.2) is 11.2 Å². The average Bonchev–Trinajstić information content (AvgIpc) is 2.70. The number of carboxylic acid groups (broad SMARTS) is 1. The third kappa shape index (κ3) is 3.68.